The van der Waals surface area contributed by atoms with Crippen molar-refractivity contribution in [2.24, 2.45) is 0 Å². The summed E-state index contributed by atoms with van der Waals surface area (Å²) in [5, 5.41) is 0. The van der Waals surface area contributed by atoms with E-state index in [1.807, 2.05) is 45.0 Å². The van der Waals surface area contributed by atoms with Crippen LogP contribution in [0.3, 0.4) is 0 Å². The molecule has 0 N–H and O–H groups in total. The molecule has 1 unspecified atom stereocenters. The van der Waals surface area contributed by atoms with Crippen LogP contribution in [0.5, 0.6) is 5.75 Å². The molecule has 4 heteroatoms. The Bertz CT molecular complexity index is 591. The van der Waals surface area contributed by atoms with Crippen molar-refractivity contribution in [3.63, 3.8) is 0 Å². The molecule has 1 rings (SSSR count). The maximum absolute atomic E-state index is 11.8. The van der Waals surface area contributed by atoms with Crippen molar-refractivity contribution in [2.45, 2.75) is 124 Å². The van der Waals surface area contributed by atoms with Crippen LogP contribution in [-0.4, -0.2) is 24.3 Å². The first kappa shape index (κ1) is 27.3. The Balaban J connectivity index is 2.33. The molecular weight excluding hydrogens is 386 g/mol. The van der Waals surface area contributed by atoms with E-state index < -0.39 is 11.8 Å². The van der Waals surface area contributed by atoms with Crippen LogP contribution in [0, 0.1) is 0 Å². The molecule has 1 aromatic carbocycles. The van der Waals surface area contributed by atoms with Gasteiger partial charge in [0, 0.05) is 18.3 Å². The molecule has 0 bridgehead atoms. The molecule has 178 valence electrons. The Morgan fingerprint density at radius 1 is 0.871 bits per heavy atom. The second-order valence-electron chi connectivity index (χ2n) is 9.67. The Morgan fingerprint density at radius 2 is 1.39 bits per heavy atom. The molecule has 0 spiro atoms. The number of ether oxygens (including phenoxy) is 2. The minimum atomic E-state index is -0.665. The van der Waals surface area contributed by atoms with Crippen LogP contribution < -0.4 is 9.64 Å². The number of hydrogen-bond acceptors (Lipinski definition) is 4. The van der Waals surface area contributed by atoms with E-state index in [4.69, 9.17) is 9.47 Å². The number of carbonyl (C=O) groups is 1. The van der Waals surface area contributed by atoms with Crippen LogP contribution in [0.2, 0.25) is 0 Å². The first-order valence-electron chi connectivity index (χ1n) is 12.5. The van der Waals surface area contributed by atoms with Gasteiger partial charge in [-0.1, -0.05) is 71.1 Å². The van der Waals surface area contributed by atoms with Crippen LogP contribution in [0.1, 0.15) is 112 Å². The van der Waals surface area contributed by atoms with Crippen LogP contribution >= 0.6 is 0 Å². The highest BCUT2D eigenvalue weighted by molar-refractivity contribution is 5.65. The lowest BCUT2D eigenvalue weighted by molar-refractivity contribution is 0.0206. The Hall–Kier alpha value is -1.71. The number of unbranched alkanes of at least 4 members (excludes halogenated alkanes) is 9. The van der Waals surface area contributed by atoms with Gasteiger partial charge in [-0.25, -0.2) is 4.79 Å². The van der Waals surface area contributed by atoms with Crippen LogP contribution in [0.25, 0.3) is 0 Å². The SMILES string of the molecule is CCCCCCCCCCCCC(C)N(CC)c1ccc(OC(=O)OC(C)(C)C)cc1. The lowest BCUT2D eigenvalue weighted by atomic mass is 10.0. The Morgan fingerprint density at radius 3 is 1.87 bits per heavy atom. The van der Waals surface area contributed by atoms with Crippen molar-refractivity contribution >= 4 is 11.8 Å². The number of nitrogens with zero attached hydrogens (tertiary/aromatic N) is 1. The summed E-state index contributed by atoms with van der Waals surface area (Å²) in [6.07, 6.45) is 14.3. The number of carbonyl (C=O) groups excluding carboxylic acids is 1. The molecule has 0 saturated carbocycles. The van der Waals surface area contributed by atoms with Crippen molar-refractivity contribution in [2.75, 3.05) is 11.4 Å². The zero-order valence-electron chi connectivity index (χ0n) is 21.0. The van der Waals surface area contributed by atoms with E-state index >= 15 is 0 Å². The molecule has 31 heavy (non-hydrogen) atoms. The maximum Gasteiger partial charge on any atom is 0.514 e. The third-order valence-corrected chi connectivity index (χ3v) is 5.61. The summed E-state index contributed by atoms with van der Waals surface area (Å²) < 4.78 is 10.5. The summed E-state index contributed by atoms with van der Waals surface area (Å²) in [4.78, 5) is 14.2. The fraction of sp³-hybridized carbons (Fsp3) is 0.741. The summed E-state index contributed by atoms with van der Waals surface area (Å²) in [5.41, 5.74) is 0.610. The number of rotatable bonds is 15. The van der Waals surface area contributed by atoms with E-state index in [0.717, 1.165) is 6.54 Å². The van der Waals surface area contributed by atoms with Crippen molar-refractivity contribution < 1.29 is 14.3 Å². The number of benzene rings is 1. The van der Waals surface area contributed by atoms with Crippen LogP contribution in [0.4, 0.5) is 10.5 Å². The first-order valence-corrected chi connectivity index (χ1v) is 12.5. The van der Waals surface area contributed by atoms with E-state index in [1.165, 1.54) is 76.3 Å². The van der Waals surface area contributed by atoms with Gasteiger partial charge in [0.1, 0.15) is 11.4 Å². The second kappa shape index (κ2) is 15.2. The zero-order valence-corrected chi connectivity index (χ0v) is 21.0. The Labute approximate surface area is 191 Å². The summed E-state index contributed by atoms with van der Waals surface area (Å²) in [6.45, 7) is 13.2. The summed E-state index contributed by atoms with van der Waals surface area (Å²) >= 11 is 0. The average Bonchev–Trinajstić information content (AvgIpc) is 2.70. The summed E-state index contributed by atoms with van der Waals surface area (Å²) in [7, 11) is 0. The van der Waals surface area contributed by atoms with Crippen molar-refractivity contribution in [3.05, 3.63) is 24.3 Å². The number of anilines is 1. The van der Waals surface area contributed by atoms with Gasteiger partial charge in [-0.05, 0) is 65.3 Å². The number of hydrogen-bond donors (Lipinski definition) is 0. The molecule has 0 aromatic heterocycles. The summed E-state index contributed by atoms with van der Waals surface area (Å²) in [6, 6.07) is 8.23. The molecule has 0 heterocycles. The normalized spacial score (nSPS) is 12.5. The van der Waals surface area contributed by atoms with E-state index in [-0.39, 0.29) is 0 Å². The van der Waals surface area contributed by atoms with E-state index in [9.17, 15) is 4.79 Å². The fourth-order valence-corrected chi connectivity index (χ4v) is 3.90. The van der Waals surface area contributed by atoms with Crippen molar-refractivity contribution in [3.8, 4) is 5.75 Å². The zero-order chi connectivity index (χ0) is 23.1. The van der Waals surface area contributed by atoms with Crippen LogP contribution in [-0.2, 0) is 4.74 Å². The van der Waals surface area contributed by atoms with Gasteiger partial charge in [0.05, 0.1) is 0 Å². The Kier molecular flexibility index (Phi) is 13.4. The molecule has 4 nitrogen and oxygen atoms in total. The van der Waals surface area contributed by atoms with Gasteiger partial charge in [-0.3, -0.25) is 0 Å². The van der Waals surface area contributed by atoms with Crippen molar-refractivity contribution in [1.82, 2.24) is 0 Å². The van der Waals surface area contributed by atoms with Gasteiger partial charge in [0.2, 0.25) is 0 Å². The standard InChI is InChI=1S/C27H47NO3/c1-7-9-10-11-12-13-14-15-16-17-18-23(3)28(8-2)24-19-21-25(22-20-24)30-26(29)31-27(4,5)6/h19-23H,7-18H2,1-6H3. The maximum atomic E-state index is 11.8. The molecule has 0 fully saturated rings. The smallest absolute Gasteiger partial charge is 0.428 e. The minimum Gasteiger partial charge on any atom is -0.428 e. The van der Waals surface area contributed by atoms with Crippen molar-refractivity contribution in [1.29, 1.82) is 0 Å². The van der Waals surface area contributed by atoms with E-state index in [0.29, 0.717) is 11.8 Å². The highest BCUT2D eigenvalue weighted by atomic mass is 16.7. The highest BCUT2D eigenvalue weighted by Crippen LogP contribution is 2.24. The topological polar surface area (TPSA) is 38.8 Å². The lowest BCUT2D eigenvalue weighted by Gasteiger charge is -2.30. The van der Waals surface area contributed by atoms with E-state index in [2.05, 4.69) is 25.7 Å². The first-order chi connectivity index (χ1) is 14.8. The third-order valence-electron chi connectivity index (χ3n) is 5.61. The molecule has 0 amide bonds. The third kappa shape index (κ3) is 12.7. The van der Waals surface area contributed by atoms with E-state index in [1.54, 1.807) is 0 Å². The molecule has 0 aliphatic carbocycles. The van der Waals surface area contributed by atoms with Gasteiger partial charge < -0.3 is 14.4 Å². The predicted octanol–water partition coefficient (Wildman–Crippen LogP) is 8.53. The molecule has 0 aliphatic heterocycles. The lowest BCUT2D eigenvalue weighted by Crippen LogP contribution is -2.32. The molecule has 1 atom stereocenters. The molecule has 0 aliphatic rings. The minimum absolute atomic E-state index is 0.497. The molecule has 1 aromatic rings. The fourth-order valence-electron chi connectivity index (χ4n) is 3.90. The monoisotopic (exact) mass is 433 g/mol. The molecule has 0 saturated heterocycles. The second-order valence-corrected chi connectivity index (χ2v) is 9.67. The van der Waals surface area contributed by atoms with Gasteiger partial charge in [0.15, 0.2) is 0 Å². The average molecular weight is 434 g/mol. The summed E-state index contributed by atoms with van der Waals surface area (Å²) in [5.74, 6) is 0.511. The molecule has 0 radical (unpaired) electrons. The van der Waals surface area contributed by atoms with Crippen LogP contribution in [0.15, 0.2) is 24.3 Å². The highest BCUT2D eigenvalue weighted by Gasteiger charge is 2.18. The van der Waals surface area contributed by atoms with Gasteiger partial charge in [-0.2, -0.15) is 0 Å². The van der Waals surface area contributed by atoms with Gasteiger partial charge in [0.25, 0.3) is 0 Å². The van der Waals surface area contributed by atoms with Gasteiger partial charge in [-0.15, -0.1) is 0 Å². The predicted molar refractivity (Wildman–Crippen MR) is 132 cm³/mol. The molecular formula is C27H47NO3. The van der Waals surface area contributed by atoms with Gasteiger partial charge >= 0.3 is 6.16 Å². The largest absolute Gasteiger partial charge is 0.514 e. The quantitative estimate of drug-likeness (QED) is 0.158.